The summed E-state index contributed by atoms with van der Waals surface area (Å²) < 4.78 is 27.0. The first-order valence-electron chi connectivity index (χ1n) is 7.18. The van der Waals surface area contributed by atoms with Gasteiger partial charge in [0.05, 0.1) is 26.9 Å². The summed E-state index contributed by atoms with van der Waals surface area (Å²) >= 11 is 11.9. The van der Waals surface area contributed by atoms with E-state index in [2.05, 4.69) is 10.3 Å². The summed E-state index contributed by atoms with van der Waals surface area (Å²) in [5, 5.41) is 16.6. The molecule has 0 radical (unpaired) electrons. The second kappa shape index (κ2) is 6.71. The molecule has 1 aromatic heterocycles. The molecule has 10 heteroatoms. The fourth-order valence-corrected chi connectivity index (χ4v) is 4.46. The van der Waals surface area contributed by atoms with Gasteiger partial charge in [-0.3, -0.25) is 0 Å². The van der Waals surface area contributed by atoms with Crippen LogP contribution >= 0.6 is 23.2 Å². The van der Waals surface area contributed by atoms with E-state index in [4.69, 9.17) is 28.3 Å². The van der Waals surface area contributed by atoms with Gasteiger partial charge in [-0.1, -0.05) is 34.5 Å². The molecule has 0 amide bonds. The van der Waals surface area contributed by atoms with E-state index in [0.29, 0.717) is 5.69 Å². The van der Waals surface area contributed by atoms with Gasteiger partial charge in [0.15, 0.2) is 0 Å². The van der Waals surface area contributed by atoms with Crippen LogP contribution in [0.4, 0.5) is 0 Å². The Morgan fingerprint density at radius 2 is 1.88 bits per heavy atom. The number of halogens is 2. The van der Waals surface area contributed by atoms with Crippen molar-refractivity contribution in [2.45, 2.75) is 16.8 Å². The molecule has 0 bridgehead atoms. The van der Waals surface area contributed by atoms with E-state index in [1.54, 1.807) is 6.07 Å². The van der Waals surface area contributed by atoms with E-state index in [1.165, 1.54) is 48.0 Å². The Balaban J connectivity index is 2.14. The zero-order valence-electron chi connectivity index (χ0n) is 13.2. The summed E-state index contributed by atoms with van der Waals surface area (Å²) in [4.78, 5) is 10.9. The quantitative estimate of drug-likeness (QED) is 0.705. The minimum absolute atomic E-state index is 0.0104. The highest BCUT2D eigenvalue weighted by molar-refractivity contribution is 7.91. The lowest BCUT2D eigenvalue weighted by Gasteiger charge is -2.07. The van der Waals surface area contributed by atoms with E-state index < -0.39 is 15.8 Å². The van der Waals surface area contributed by atoms with Gasteiger partial charge in [0, 0.05) is 5.02 Å². The number of carboxylic acid groups (broad SMARTS) is 1. The van der Waals surface area contributed by atoms with Crippen molar-refractivity contribution in [1.82, 2.24) is 15.0 Å². The smallest absolute Gasteiger partial charge is 0.335 e. The number of carbonyl (C=O) groups is 1. The molecule has 0 saturated carbocycles. The van der Waals surface area contributed by atoms with E-state index in [0.717, 1.165) is 0 Å². The number of hydrogen-bond acceptors (Lipinski definition) is 5. The third-order valence-corrected chi connectivity index (χ3v) is 6.11. The first-order valence-corrected chi connectivity index (χ1v) is 9.42. The monoisotopic (exact) mass is 411 g/mol. The Bertz CT molecular complexity index is 1130. The van der Waals surface area contributed by atoms with Crippen molar-refractivity contribution >= 4 is 39.0 Å². The predicted octanol–water partition coefficient (Wildman–Crippen LogP) is 3.41. The Kier molecular flexibility index (Phi) is 4.74. The van der Waals surface area contributed by atoms with E-state index in [9.17, 15) is 13.2 Å². The predicted molar refractivity (Wildman–Crippen MR) is 95.0 cm³/mol. The fraction of sp³-hybridized carbons (Fsp3) is 0.0625. The van der Waals surface area contributed by atoms with Crippen molar-refractivity contribution in [2.75, 3.05) is 0 Å². The van der Waals surface area contributed by atoms with Crippen LogP contribution in [0, 0.1) is 6.92 Å². The van der Waals surface area contributed by atoms with Crippen LogP contribution in [0.1, 0.15) is 16.1 Å². The lowest BCUT2D eigenvalue weighted by Crippen LogP contribution is -2.07. The molecule has 2 aromatic carbocycles. The van der Waals surface area contributed by atoms with Crippen LogP contribution in [-0.4, -0.2) is 34.5 Å². The molecule has 26 heavy (non-hydrogen) atoms. The van der Waals surface area contributed by atoms with Crippen molar-refractivity contribution in [3.05, 3.63) is 63.8 Å². The second-order valence-corrected chi connectivity index (χ2v) is 8.00. The fourth-order valence-electron chi connectivity index (χ4n) is 2.37. The van der Waals surface area contributed by atoms with Crippen LogP contribution in [0.5, 0.6) is 0 Å². The number of sulfone groups is 1. The summed E-state index contributed by atoms with van der Waals surface area (Å²) in [6.07, 6.45) is 0. The van der Waals surface area contributed by atoms with Crippen molar-refractivity contribution < 1.29 is 18.3 Å². The Morgan fingerprint density at radius 3 is 2.58 bits per heavy atom. The molecule has 0 aliphatic heterocycles. The highest BCUT2D eigenvalue weighted by Gasteiger charge is 2.28. The van der Waals surface area contributed by atoms with Crippen LogP contribution < -0.4 is 0 Å². The molecule has 0 aliphatic rings. The van der Waals surface area contributed by atoms with Gasteiger partial charge in [-0.15, -0.1) is 5.10 Å². The van der Waals surface area contributed by atoms with E-state index in [1.807, 2.05) is 0 Å². The maximum atomic E-state index is 12.9. The van der Waals surface area contributed by atoms with E-state index in [-0.39, 0.29) is 31.2 Å². The highest BCUT2D eigenvalue weighted by atomic mass is 35.5. The maximum Gasteiger partial charge on any atom is 0.335 e. The summed E-state index contributed by atoms with van der Waals surface area (Å²) in [5.74, 6) is -1.11. The second-order valence-electron chi connectivity index (χ2n) is 5.33. The average molecular weight is 412 g/mol. The van der Waals surface area contributed by atoms with Crippen LogP contribution in [0.2, 0.25) is 10.0 Å². The van der Waals surface area contributed by atoms with Gasteiger partial charge in [-0.2, -0.15) is 0 Å². The van der Waals surface area contributed by atoms with Gasteiger partial charge in [-0.25, -0.2) is 17.9 Å². The molecule has 0 unspecified atom stereocenters. The molecule has 134 valence electrons. The van der Waals surface area contributed by atoms with Crippen LogP contribution in [0.25, 0.3) is 5.69 Å². The van der Waals surface area contributed by atoms with Gasteiger partial charge in [-0.05, 0) is 43.3 Å². The Hall–Kier alpha value is -2.42. The highest BCUT2D eigenvalue weighted by Crippen LogP contribution is 2.31. The van der Waals surface area contributed by atoms with Crippen LogP contribution in [0.15, 0.2) is 52.4 Å². The minimum atomic E-state index is -4.06. The largest absolute Gasteiger partial charge is 0.478 e. The molecule has 3 aromatic rings. The third-order valence-electron chi connectivity index (χ3n) is 3.63. The Labute approximate surface area is 158 Å². The molecule has 0 aliphatic carbocycles. The topological polar surface area (TPSA) is 102 Å². The lowest BCUT2D eigenvalue weighted by atomic mass is 10.2. The third kappa shape index (κ3) is 3.18. The number of carboxylic acids is 1. The molecule has 3 rings (SSSR count). The zero-order chi connectivity index (χ0) is 19.1. The standard InChI is InChI=1S/C16H11Cl2N3O4S/c1-9-15(26(24,25)14-8-11(17)5-6-13(14)18)19-20-21(9)12-4-2-3-10(7-12)16(22)23/h2-8H,1H3,(H,22,23). The molecule has 1 heterocycles. The summed E-state index contributed by atoms with van der Waals surface area (Å²) in [5.41, 5.74) is 0.622. The maximum absolute atomic E-state index is 12.9. The SMILES string of the molecule is Cc1c(S(=O)(=O)c2cc(Cl)ccc2Cl)nnn1-c1cccc(C(=O)O)c1. The molecule has 0 spiro atoms. The molecular weight excluding hydrogens is 401 g/mol. The van der Waals surface area contributed by atoms with Crippen molar-refractivity contribution in [3.63, 3.8) is 0 Å². The van der Waals surface area contributed by atoms with Crippen LogP contribution in [-0.2, 0) is 9.84 Å². The van der Waals surface area contributed by atoms with Gasteiger partial charge >= 0.3 is 5.97 Å². The minimum Gasteiger partial charge on any atom is -0.478 e. The number of rotatable bonds is 4. The Morgan fingerprint density at radius 1 is 1.15 bits per heavy atom. The van der Waals surface area contributed by atoms with Gasteiger partial charge < -0.3 is 5.11 Å². The summed E-state index contributed by atoms with van der Waals surface area (Å²) in [6.45, 7) is 1.51. The van der Waals surface area contributed by atoms with Crippen molar-refractivity contribution in [3.8, 4) is 5.69 Å². The molecule has 7 nitrogen and oxygen atoms in total. The van der Waals surface area contributed by atoms with Gasteiger partial charge in [0.1, 0.15) is 0 Å². The first kappa shape index (κ1) is 18.4. The summed E-state index contributed by atoms with van der Waals surface area (Å²) in [7, 11) is -4.06. The molecular formula is C16H11Cl2N3O4S. The number of aromatic nitrogens is 3. The van der Waals surface area contributed by atoms with Gasteiger partial charge in [0.25, 0.3) is 0 Å². The molecule has 0 fully saturated rings. The van der Waals surface area contributed by atoms with Crippen molar-refractivity contribution in [2.24, 2.45) is 0 Å². The van der Waals surface area contributed by atoms with Gasteiger partial charge in [0.2, 0.25) is 14.9 Å². The molecule has 0 atom stereocenters. The number of benzene rings is 2. The molecule has 0 saturated heterocycles. The number of hydrogen-bond donors (Lipinski definition) is 1. The normalized spacial score (nSPS) is 11.5. The molecule has 1 N–H and O–H groups in total. The zero-order valence-corrected chi connectivity index (χ0v) is 15.5. The lowest BCUT2D eigenvalue weighted by molar-refractivity contribution is 0.0697. The summed E-state index contributed by atoms with van der Waals surface area (Å²) in [6, 6.07) is 10.0. The van der Waals surface area contributed by atoms with Crippen molar-refractivity contribution in [1.29, 1.82) is 0 Å². The average Bonchev–Trinajstić information content (AvgIpc) is 2.99. The number of aromatic carboxylic acids is 1. The van der Waals surface area contributed by atoms with E-state index >= 15 is 0 Å². The first-order chi connectivity index (χ1) is 12.2. The van der Waals surface area contributed by atoms with Crippen LogP contribution in [0.3, 0.4) is 0 Å². The number of nitrogens with zero attached hydrogens (tertiary/aromatic N) is 3.